The number of nitrogens with zero attached hydrogens (tertiary/aromatic N) is 4. The van der Waals surface area contributed by atoms with E-state index in [0.717, 1.165) is 37.4 Å². The Bertz CT molecular complexity index is 1170. The van der Waals surface area contributed by atoms with Gasteiger partial charge in [-0.15, -0.1) is 0 Å². The molecule has 2 aliphatic rings. The van der Waals surface area contributed by atoms with Crippen LogP contribution in [0, 0.1) is 0 Å². The summed E-state index contributed by atoms with van der Waals surface area (Å²) in [5.74, 6) is 1.20. The molecule has 3 aromatic rings. The van der Waals surface area contributed by atoms with Gasteiger partial charge >= 0.3 is 0 Å². The van der Waals surface area contributed by atoms with E-state index in [4.69, 9.17) is 16.3 Å². The fourth-order valence-electron chi connectivity index (χ4n) is 6.06. The van der Waals surface area contributed by atoms with E-state index in [1.165, 1.54) is 35.9 Å². The molecule has 2 heterocycles. The summed E-state index contributed by atoms with van der Waals surface area (Å²) in [6, 6.07) is 19.4. The summed E-state index contributed by atoms with van der Waals surface area (Å²) in [5.41, 5.74) is 2.72. The van der Waals surface area contributed by atoms with Crippen molar-refractivity contribution in [2.24, 2.45) is 7.05 Å². The van der Waals surface area contributed by atoms with Crippen LogP contribution in [-0.4, -0.2) is 52.9 Å². The van der Waals surface area contributed by atoms with Crippen molar-refractivity contribution in [3.8, 4) is 5.75 Å². The van der Waals surface area contributed by atoms with E-state index < -0.39 is 0 Å². The quantitative estimate of drug-likeness (QED) is 0.416. The van der Waals surface area contributed by atoms with Gasteiger partial charge in [0.2, 0.25) is 0 Å². The summed E-state index contributed by atoms with van der Waals surface area (Å²) < 4.78 is 7.00. The van der Waals surface area contributed by atoms with Gasteiger partial charge < -0.3 is 9.64 Å². The Kier molecular flexibility index (Phi) is 7.63. The number of aryl methyl sites for hydroxylation is 1. The van der Waals surface area contributed by atoms with Crippen molar-refractivity contribution in [3.05, 3.63) is 77.1 Å². The summed E-state index contributed by atoms with van der Waals surface area (Å²) >= 11 is 6.45. The lowest BCUT2D eigenvalue weighted by Gasteiger charge is -2.45. The highest BCUT2D eigenvalue weighted by Gasteiger charge is 2.36. The van der Waals surface area contributed by atoms with Gasteiger partial charge in [-0.2, -0.15) is 5.10 Å². The standard InChI is InChI=1S/C29H35ClN4O2/c1-32-28(30)26(20-31-32)29(35)34(23-11-8-12-24(19-23)36-2)22-15-17-33(18-16-22)27-14-7-6-13-25(27)21-9-4-3-5-10-21/h3-5,8-12,19-20,22,25,27H,6-7,13-18H2,1-2H3/t25-,27-/m1/s1. The average molecular weight is 507 g/mol. The number of aromatic nitrogens is 2. The number of hydrogen-bond donors (Lipinski definition) is 0. The van der Waals surface area contributed by atoms with Crippen LogP contribution < -0.4 is 9.64 Å². The van der Waals surface area contributed by atoms with Crippen LogP contribution in [0.2, 0.25) is 5.15 Å². The largest absolute Gasteiger partial charge is 0.497 e. The van der Waals surface area contributed by atoms with E-state index in [-0.39, 0.29) is 11.9 Å². The van der Waals surface area contributed by atoms with Gasteiger partial charge in [0.25, 0.3) is 5.91 Å². The molecule has 1 aromatic heterocycles. The van der Waals surface area contributed by atoms with Gasteiger partial charge in [0.05, 0.1) is 18.9 Å². The van der Waals surface area contributed by atoms with Crippen LogP contribution in [0.25, 0.3) is 0 Å². The van der Waals surface area contributed by atoms with Crippen molar-refractivity contribution in [1.82, 2.24) is 14.7 Å². The Morgan fingerprint density at radius 3 is 2.47 bits per heavy atom. The molecule has 36 heavy (non-hydrogen) atoms. The Balaban J connectivity index is 1.37. The molecule has 2 aromatic carbocycles. The molecule has 1 amide bonds. The number of rotatable bonds is 6. The predicted molar refractivity (Wildman–Crippen MR) is 144 cm³/mol. The van der Waals surface area contributed by atoms with E-state index in [1.807, 2.05) is 29.2 Å². The Hall–Kier alpha value is -2.83. The normalized spacial score (nSPS) is 21.3. The maximum atomic E-state index is 13.8. The number of carbonyl (C=O) groups is 1. The van der Waals surface area contributed by atoms with E-state index in [2.05, 4.69) is 40.3 Å². The predicted octanol–water partition coefficient (Wildman–Crippen LogP) is 5.92. The molecule has 1 saturated heterocycles. The smallest absolute Gasteiger partial charge is 0.263 e. The third-order valence-corrected chi connectivity index (χ3v) is 8.39. The Morgan fingerprint density at radius 2 is 1.78 bits per heavy atom. The molecule has 2 atom stereocenters. The Labute approximate surface area is 218 Å². The molecule has 0 spiro atoms. The SMILES string of the molecule is COc1cccc(N(C(=O)c2cnn(C)c2Cl)C2CCN([C@@H]3CCCC[C@@H]3c3ccccc3)CC2)c1. The van der Waals surface area contributed by atoms with Gasteiger partial charge in [0.1, 0.15) is 10.9 Å². The molecular formula is C29H35ClN4O2. The van der Waals surface area contributed by atoms with Gasteiger partial charge in [0, 0.05) is 44.0 Å². The Morgan fingerprint density at radius 1 is 1.03 bits per heavy atom. The highest BCUT2D eigenvalue weighted by molar-refractivity contribution is 6.33. The van der Waals surface area contributed by atoms with E-state index in [1.54, 1.807) is 20.4 Å². The minimum atomic E-state index is -0.111. The molecule has 1 aliphatic heterocycles. The summed E-state index contributed by atoms with van der Waals surface area (Å²) in [5, 5.41) is 4.57. The second-order valence-electron chi connectivity index (χ2n) is 9.99. The summed E-state index contributed by atoms with van der Waals surface area (Å²) in [6.07, 6.45) is 8.49. The number of ether oxygens (including phenoxy) is 1. The molecule has 190 valence electrons. The molecule has 0 radical (unpaired) electrons. The minimum absolute atomic E-state index is 0.0795. The van der Waals surface area contributed by atoms with Crippen LogP contribution in [0.3, 0.4) is 0 Å². The first-order chi connectivity index (χ1) is 17.6. The molecule has 0 N–H and O–H groups in total. The number of anilines is 1. The zero-order valence-electron chi connectivity index (χ0n) is 21.1. The molecule has 0 unspecified atom stereocenters. The molecule has 6 nitrogen and oxygen atoms in total. The second kappa shape index (κ2) is 11.1. The number of benzene rings is 2. The second-order valence-corrected chi connectivity index (χ2v) is 10.3. The van der Waals surface area contributed by atoms with Crippen molar-refractivity contribution in [2.75, 3.05) is 25.1 Å². The molecule has 0 bridgehead atoms. The maximum Gasteiger partial charge on any atom is 0.263 e. The van der Waals surface area contributed by atoms with Gasteiger partial charge in [-0.1, -0.05) is 60.8 Å². The number of piperidine rings is 1. The number of halogens is 1. The molecule has 5 rings (SSSR count). The molecule has 1 aliphatic carbocycles. The number of carbonyl (C=O) groups excluding carboxylic acids is 1. The molecule has 1 saturated carbocycles. The van der Waals surface area contributed by atoms with Crippen LogP contribution in [0.4, 0.5) is 5.69 Å². The summed E-state index contributed by atoms with van der Waals surface area (Å²) in [6.45, 7) is 1.96. The third-order valence-electron chi connectivity index (χ3n) is 7.94. The molecular weight excluding hydrogens is 472 g/mol. The lowest BCUT2D eigenvalue weighted by atomic mass is 9.78. The highest BCUT2D eigenvalue weighted by atomic mass is 35.5. The number of hydrogen-bond acceptors (Lipinski definition) is 4. The first kappa shape index (κ1) is 24.8. The van der Waals surface area contributed by atoms with Crippen molar-refractivity contribution < 1.29 is 9.53 Å². The first-order valence-corrected chi connectivity index (χ1v) is 13.4. The van der Waals surface area contributed by atoms with Crippen LogP contribution in [0.1, 0.15) is 60.4 Å². The minimum Gasteiger partial charge on any atom is -0.497 e. The van der Waals surface area contributed by atoms with Crippen LogP contribution in [0.15, 0.2) is 60.8 Å². The van der Waals surface area contributed by atoms with Gasteiger partial charge in [-0.3, -0.25) is 14.4 Å². The van der Waals surface area contributed by atoms with Crippen molar-refractivity contribution in [2.45, 2.75) is 56.5 Å². The lowest BCUT2D eigenvalue weighted by Crippen LogP contribution is -2.51. The van der Waals surface area contributed by atoms with E-state index >= 15 is 0 Å². The van der Waals surface area contributed by atoms with E-state index in [9.17, 15) is 4.79 Å². The lowest BCUT2D eigenvalue weighted by molar-refractivity contribution is 0.0895. The zero-order chi connectivity index (χ0) is 25.1. The van der Waals surface area contributed by atoms with Crippen LogP contribution in [-0.2, 0) is 7.05 Å². The zero-order valence-corrected chi connectivity index (χ0v) is 21.9. The van der Waals surface area contributed by atoms with Gasteiger partial charge in [0.15, 0.2) is 0 Å². The topological polar surface area (TPSA) is 50.6 Å². The number of amides is 1. The fraction of sp³-hybridized carbons (Fsp3) is 0.448. The number of methoxy groups -OCH3 is 1. The summed E-state index contributed by atoms with van der Waals surface area (Å²) in [7, 11) is 3.40. The molecule has 7 heteroatoms. The average Bonchev–Trinajstić information content (AvgIpc) is 3.27. The third kappa shape index (κ3) is 5.02. The first-order valence-electron chi connectivity index (χ1n) is 13.0. The van der Waals surface area contributed by atoms with Crippen molar-refractivity contribution in [1.29, 1.82) is 0 Å². The monoisotopic (exact) mass is 506 g/mol. The van der Waals surface area contributed by atoms with Crippen molar-refractivity contribution in [3.63, 3.8) is 0 Å². The molecule has 2 fully saturated rings. The van der Waals surface area contributed by atoms with Crippen molar-refractivity contribution >= 4 is 23.2 Å². The van der Waals surface area contributed by atoms with Gasteiger partial charge in [-0.05, 0) is 49.3 Å². The van der Waals surface area contributed by atoms with Crippen LogP contribution >= 0.6 is 11.6 Å². The highest BCUT2D eigenvalue weighted by Crippen LogP contribution is 2.38. The fourth-order valence-corrected chi connectivity index (χ4v) is 6.24. The van der Waals surface area contributed by atoms with Gasteiger partial charge in [-0.25, -0.2) is 0 Å². The van der Waals surface area contributed by atoms with E-state index in [0.29, 0.717) is 22.7 Å². The maximum absolute atomic E-state index is 13.8. The summed E-state index contributed by atoms with van der Waals surface area (Å²) in [4.78, 5) is 18.4. The van der Waals surface area contributed by atoms with Crippen LogP contribution in [0.5, 0.6) is 5.75 Å². The number of likely N-dealkylation sites (tertiary alicyclic amines) is 1.